The predicted octanol–water partition coefficient (Wildman–Crippen LogP) is 5.13. The summed E-state index contributed by atoms with van der Waals surface area (Å²) in [5.74, 6) is 1.63. The van der Waals surface area contributed by atoms with Gasteiger partial charge in [0.15, 0.2) is 0 Å². The summed E-state index contributed by atoms with van der Waals surface area (Å²) in [6.07, 6.45) is 12.1. The predicted molar refractivity (Wildman–Crippen MR) is 103 cm³/mol. The summed E-state index contributed by atoms with van der Waals surface area (Å²) in [5, 5.41) is 4.56. The number of nitrogens with zero attached hydrogens (tertiary/aromatic N) is 2. The van der Waals surface area contributed by atoms with Crippen molar-refractivity contribution in [2.45, 2.75) is 51.9 Å². The maximum Gasteiger partial charge on any atom is 0.140 e. The summed E-state index contributed by atoms with van der Waals surface area (Å²) in [6, 6.07) is 6.42. The van der Waals surface area contributed by atoms with Crippen molar-refractivity contribution in [1.82, 2.24) is 9.78 Å². The van der Waals surface area contributed by atoms with Crippen LogP contribution >= 0.6 is 0 Å². The molecular formula is C23H25FN2O. The van der Waals surface area contributed by atoms with E-state index in [0.29, 0.717) is 11.7 Å². The van der Waals surface area contributed by atoms with Crippen LogP contribution in [0.1, 0.15) is 56.7 Å². The highest BCUT2D eigenvalue weighted by atomic mass is 19.1. The van der Waals surface area contributed by atoms with Gasteiger partial charge >= 0.3 is 0 Å². The Morgan fingerprint density at radius 2 is 2.00 bits per heavy atom. The van der Waals surface area contributed by atoms with Crippen LogP contribution in [-0.4, -0.2) is 15.6 Å². The molecule has 2 fully saturated rings. The number of hydrogen-bond acceptors (Lipinski definition) is 2. The van der Waals surface area contributed by atoms with Crippen molar-refractivity contribution in [1.29, 1.82) is 0 Å². The SMILES string of the molecule is CC(=O)[C@]12Cc3cnn(-c4ccc(F)cc4)c3C=C1CC[C@H](CC1CC1)C2. The van der Waals surface area contributed by atoms with Gasteiger partial charge in [-0.1, -0.05) is 18.4 Å². The van der Waals surface area contributed by atoms with Gasteiger partial charge < -0.3 is 0 Å². The van der Waals surface area contributed by atoms with Gasteiger partial charge in [-0.15, -0.1) is 0 Å². The molecule has 2 aromatic rings. The summed E-state index contributed by atoms with van der Waals surface area (Å²) in [4.78, 5) is 12.8. The molecule has 1 heterocycles. The van der Waals surface area contributed by atoms with Crippen molar-refractivity contribution in [2.24, 2.45) is 17.3 Å². The Labute approximate surface area is 159 Å². The fraction of sp³-hybridized carbons (Fsp3) is 0.478. The third kappa shape index (κ3) is 2.86. The number of halogens is 1. The van der Waals surface area contributed by atoms with Gasteiger partial charge in [-0.05, 0) is 86.8 Å². The zero-order valence-electron chi connectivity index (χ0n) is 15.7. The smallest absolute Gasteiger partial charge is 0.140 e. The van der Waals surface area contributed by atoms with Crippen LogP contribution in [0.5, 0.6) is 0 Å². The van der Waals surface area contributed by atoms with E-state index in [1.165, 1.54) is 43.4 Å². The minimum atomic E-state index is -0.332. The highest BCUT2D eigenvalue weighted by Gasteiger charge is 2.47. The van der Waals surface area contributed by atoms with Crippen LogP contribution in [0.3, 0.4) is 0 Å². The summed E-state index contributed by atoms with van der Waals surface area (Å²) in [5.41, 5.74) is 3.98. The van der Waals surface area contributed by atoms with E-state index in [4.69, 9.17) is 0 Å². The van der Waals surface area contributed by atoms with Crippen molar-refractivity contribution < 1.29 is 9.18 Å². The first-order valence-corrected chi connectivity index (χ1v) is 10.1. The van der Waals surface area contributed by atoms with Gasteiger partial charge in [0, 0.05) is 0 Å². The molecule has 27 heavy (non-hydrogen) atoms. The van der Waals surface area contributed by atoms with Crippen LogP contribution in [0.2, 0.25) is 0 Å². The van der Waals surface area contributed by atoms with Crippen molar-refractivity contribution in [3.63, 3.8) is 0 Å². The Kier molecular flexibility index (Phi) is 3.85. The van der Waals surface area contributed by atoms with Gasteiger partial charge in [0.05, 0.1) is 23.0 Å². The largest absolute Gasteiger partial charge is 0.299 e. The minimum Gasteiger partial charge on any atom is -0.299 e. The zero-order valence-corrected chi connectivity index (χ0v) is 15.7. The molecule has 0 amide bonds. The summed E-state index contributed by atoms with van der Waals surface area (Å²) >= 11 is 0. The summed E-state index contributed by atoms with van der Waals surface area (Å²) in [6.45, 7) is 1.77. The quantitative estimate of drug-likeness (QED) is 0.754. The molecule has 3 aliphatic rings. The minimum absolute atomic E-state index is 0.247. The third-order valence-electron chi connectivity index (χ3n) is 6.87. The second-order valence-corrected chi connectivity index (χ2v) is 8.72. The molecule has 140 valence electrons. The highest BCUT2D eigenvalue weighted by molar-refractivity contribution is 5.89. The maximum absolute atomic E-state index is 13.3. The first-order valence-electron chi connectivity index (χ1n) is 10.1. The summed E-state index contributed by atoms with van der Waals surface area (Å²) < 4.78 is 15.2. The number of carbonyl (C=O) groups excluding carboxylic acids is 1. The fourth-order valence-corrected chi connectivity index (χ4v) is 5.20. The van der Waals surface area contributed by atoms with E-state index in [1.54, 1.807) is 19.1 Å². The van der Waals surface area contributed by atoms with E-state index in [-0.39, 0.29) is 11.2 Å². The topological polar surface area (TPSA) is 34.9 Å². The molecule has 0 unspecified atom stereocenters. The lowest BCUT2D eigenvalue weighted by atomic mass is 9.59. The maximum atomic E-state index is 13.3. The number of rotatable bonds is 4. The Bertz CT molecular complexity index is 922. The van der Waals surface area contributed by atoms with Crippen molar-refractivity contribution in [3.8, 4) is 5.69 Å². The fourth-order valence-electron chi connectivity index (χ4n) is 5.20. The van der Waals surface area contributed by atoms with E-state index < -0.39 is 0 Å². The average molecular weight is 364 g/mol. The zero-order chi connectivity index (χ0) is 18.6. The van der Waals surface area contributed by atoms with Crippen molar-refractivity contribution >= 4 is 11.9 Å². The molecule has 5 rings (SSSR count). The van der Waals surface area contributed by atoms with Gasteiger partial charge in [0.1, 0.15) is 11.6 Å². The lowest BCUT2D eigenvalue weighted by Crippen LogP contribution is -2.41. The number of aromatic nitrogens is 2. The molecule has 0 saturated heterocycles. The molecule has 1 aromatic heterocycles. The van der Waals surface area contributed by atoms with E-state index in [1.807, 2.05) is 10.9 Å². The standard InChI is InChI=1S/C23H25FN2O/c1-15(27)23-12-17(10-16-2-3-16)4-5-19(23)11-22-18(13-23)14-25-26(22)21-8-6-20(24)7-9-21/h6-9,11,14,16-17H,2-5,10,12-13H2,1H3/t17-,23+/m1/s1. The molecule has 0 bridgehead atoms. The monoisotopic (exact) mass is 364 g/mol. The Hall–Kier alpha value is -2.23. The van der Waals surface area contributed by atoms with E-state index >= 15 is 0 Å². The number of carbonyl (C=O) groups is 1. The number of ketones is 1. The molecule has 3 aliphatic carbocycles. The van der Waals surface area contributed by atoms with Crippen molar-refractivity contribution in [2.75, 3.05) is 0 Å². The number of Topliss-reactive ketones (excluding diaryl/α,β-unsaturated/α-hetero) is 1. The molecule has 0 radical (unpaired) electrons. The van der Waals surface area contributed by atoms with Gasteiger partial charge in [0.2, 0.25) is 0 Å². The molecule has 3 nitrogen and oxygen atoms in total. The first kappa shape index (κ1) is 16.9. The lowest BCUT2D eigenvalue weighted by molar-refractivity contribution is -0.126. The molecule has 2 atom stereocenters. The molecule has 0 aliphatic heterocycles. The van der Waals surface area contributed by atoms with Crippen LogP contribution in [0, 0.1) is 23.1 Å². The Balaban J connectivity index is 1.51. The number of hydrogen-bond donors (Lipinski definition) is 0. The highest BCUT2D eigenvalue weighted by Crippen LogP contribution is 2.53. The first-order chi connectivity index (χ1) is 13.0. The van der Waals surface area contributed by atoms with Crippen LogP contribution < -0.4 is 0 Å². The van der Waals surface area contributed by atoms with Crippen LogP contribution in [-0.2, 0) is 11.2 Å². The van der Waals surface area contributed by atoms with Crippen molar-refractivity contribution in [3.05, 3.63) is 53.1 Å². The van der Waals surface area contributed by atoms with E-state index in [2.05, 4.69) is 11.2 Å². The summed E-state index contributed by atoms with van der Waals surface area (Å²) in [7, 11) is 0. The molecule has 1 aromatic carbocycles. The van der Waals surface area contributed by atoms with Crippen LogP contribution in [0.25, 0.3) is 11.8 Å². The second-order valence-electron chi connectivity index (χ2n) is 8.72. The lowest BCUT2D eigenvalue weighted by Gasteiger charge is -2.43. The van der Waals surface area contributed by atoms with Gasteiger partial charge in [-0.2, -0.15) is 5.10 Å². The Morgan fingerprint density at radius 3 is 2.70 bits per heavy atom. The Morgan fingerprint density at radius 1 is 1.22 bits per heavy atom. The van der Waals surface area contributed by atoms with Gasteiger partial charge in [0.25, 0.3) is 0 Å². The van der Waals surface area contributed by atoms with Gasteiger partial charge in [-0.3, -0.25) is 4.79 Å². The third-order valence-corrected chi connectivity index (χ3v) is 6.87. The van der Waals surface area contributed by atoms with Crippen LogP contribution in [0.15, 0.2) is 36.0 Å². The number of benzene rings is 1. The number of allylic oxidation sites excluding steroid dienone is 1. The van der Waals surface area contributed by atoms with Gasteiger partial charge in [-0.25, -0.2) is 9.07 Å². The molecule has 0 spiro atoms. The average Bonchev–Trinajstić information content (AvgIpc) is 3.38. The van der Waals surface area contributed by atoms with E-state index in [0.717, 1.165) is 42.1 Å². The molecular weight excluding hydrogens is 339 g/mol. The number of fused-ring (bicyclic) bond motifs is 2. The van der Waals surface area contributed by atoms with E-state index in [9.17, 15) is 9.18 Å². The van der Waals surface area contributed by atoms with Crippen LogP contribution in [0.4, 0.5) is 4.39 Å². The molecule has 2 saturated carbocycles. The molecule has 4 heteroatoms. The molecule has 0 N–H and O–H groups in total. The second kappa shape index (κ2) is 6.15. The normalized spacial score (nSPS) is 26.9.